The van der Waals surface area contributed by atoms with Crippen molar-refractivity contribution in [1.82, 2.24) is 4.90 Å². The fourth-order valence-corrected chi connectivity index (χ4v) is 0.981. The summed E-state index contributed by atoms with van der Waals surface area (Å²) in [7, 11) is 2.02. The van der Waals surface area contributed by atoms with Crippen molar-refractivity contribution >= 4 is 5.97 Å². The Morgan fingerprint density at radius 2 is 2.08 bits per heavy atom. The molecule has 2 atom stereocenters. The first kappa shape index (κ1) is 10.3. The Bertz CT molecular complexity index is 228. The monoisotopic (exact) mass is 183 g/mol. The van der Waals surface area contributed by atoms with Crippen molar-refractivity contribution in [3.63, 3.8) is 0 Å². The molecule has 74 valence electrons. The molecule has 1 rings (SSSR count). The van der Waals surface area contributed by atoms with Crippen LogP contribution in [-0.4, -0.2) is 36.1 Å². The van der Waals surface area contributed by atoms with E-state index in [4.69, 9.17) is 4.74 Å². The Morgan fingerprint density at radius 3 is 2.46 bits per heavy atom. The van der Waals surface area contributed by atoms with Gasteiger partial charge in [-0.1, -0.05) is 6.08 Å². The van der Waals surface area contributed by atoms with Gasteiger partial charge in [0.1, 0.15) is 5.60 Å². The number of rotatable bonds is 2. The van der Waals surface area contributed by atoms with Crippen LogP contribution >= 0.6 is 0 Å². The van der Waals surface area contributed by atoms with E-state index in [1.54, 1.807) is 0 Å². The molecular weight excluding hydrogens is 166 g/mol. The van der Waals surface area contributed by atoms with Crippen molar-refractivity contribution in [2.75, 3.05) is 13.6 Å². The molecule has 0 bridgehead atoms. The lowest BCUT2D eigenvalue weighted by molar-refractivity contribution is -0.148. The van der Waals surface area contributed by atoms with Gasteiger partial charge >= 0.3 is 5.97 Å². The van der Waals surface area contributed by atoms with E-state index in [2.05, 4.69) is 4.90 Å². The maximum Gasteiger partial charge on any atom is 0.330 e. The summed E-state index contributed by atoms with van der Waals surface area (Å²) in [6.07, 6.45) is 3.40. The molecule has 0 radical (unpaired) electrons. The van der Waals surface area contributed by atoms with Gasteiger partial charge < -0.3 is 4.74 Å². The number of carbonyl (C=O) groups is 1. The van der Waals surface area contributed by atoms with Crippen LogP contribution in [0, 0.1) is 0 Å². The molecule has 1 saturated heterocycles. The molecule has 0 aromatic heterocycles. The minimum atomic E-state index is -0.392. The summed E-state index contributed by atoms with van der Waals surface area (Å²) >= 11 is 0. The molecular formula is C10H17NO2. The Hall–Kier alpha value is -0.830. The summed E-state index contributed by atoms with van der Waals surface area (Å²) in [6, 6.07) is 0.438. The minimum absolute atomic E-state index is 0.257. The lowest BCUT2D eigenvalue weighted by Gasteiger charge is -2.17. The normalized spacial score (nSPS) is 27.7. The molecule has 0 amide bonds. The Morgan fingerprint density at radius 1 is 1.54 bits per heavy atom. The third-order valence-electron chi connectivity index (χ3n) is 1.77. The van der Waals surface area contributed by atoms with Gasteiger partial charge in [-0.3, -0.25) is 4.90 Å². The fraction of sp³-hybridized carbons (Fsp3) is 0.700. The number of hydrogen-bond donors (Lipinski definition) is 0. The van der Waals surface area contributed by atoms with E-state index in [-0.39, 0.29) is 5.97 Å². The highest BCUT2D eigenvalue weighted by molar-refractivity contribution is 5.82. The number of carbonyl (C=O) groups excluding carboxylic acids is 1. The van der Waals surface area contributed by atoms with Crippen LogP contribution < -0.4 is 0 Å². The maximum absolute atomic E-state index is 11.2. The van der Waals surface area contributed by atoms with Crippen molar-refractivity contribution in [3.8, 4) is 0 Å². The van der Waals surface area contributed by atoms with E-state index in [9.17, 15) is 4.79 Å². The van der Waals surface area contributed by atoms with E-state index >= 15 is 0 Å². The lowest BCUT2D eigenvalue weighted by Crippen LogP contribution is -2.22. The van der Waals surface area contributed by atoms with E-state index in [1.807, 2.05) is 33.9 Å². The maximum atomic E-state index is 11.2. The third-order valence-corrected chi connectivity index (χ3v) is 1.77. The number of ether oxygens (including phenoxy) is 1. The Labute approximate surface area is 79.4 Å². The van der Waals surface area contributed by atoms with Crippen molar-refractivity contribution in [2.45, 2.75) is 32.4 Å². The summed E-state index contributed by atoms with van der Waals surface area (Å²) < 4.78 is 5.11. The van der Waals surface area contributed by atoms with Crippen molar-refractivity contribution in [2.24, 2.45) is 0 Å². The molecule has 0 aromatic rings. The number of likely N-dealkylation sites (N-methyl/N-ethyl adjacent to an activating group) is 1. The smallest absolute Gasteiger partial charge is 0.330 e. The van der Waals surface area contributed by atoms with Crippen LogP contribution in [0.1, 0.15) is 20.8 Å². The Balaban J connectivity index is 2.29. The average molecular weight is 183 g/mol. The molecule has 0 aliphatic carbocycles. The second-order valence-corrected chi connectivity index (χ2v) is 4.40. The van der Waals surface area contributed by atoms with Gasteiger partial charge in [0.05, 0.1) is 0 Å². The third kappa shape index (κ3) is 4.08. The van der Waals surface area contributed by atoms with Crippen molar-refractivity contribution in [1.29, 1.82) is 0 Å². The lowest BCUT2D eigenvalue weighted by atomic mass is 10.2. The van der Waals surface area contributed by atoms with Gasteiger partial charge in [-0.2, -0.15) is 0 Å². The highest BCUT2D eigenvalue weighted by atomic mass is 16.6. The van der Waals surface area contributed by atoms with Crippen molar-refractivity contribution < 1.29 is 9.53 Å². The number of hydrogen-bond acceptors (Lipinski definition) is 3. The zero-order chi connectivity index (χ0) is 10.1. The van der Waals surface area contributed by atoms with Crippen molar-refractivity contribution in [3.05, 3.63) is 12.2 Å². The standard InChI is InChI=1S/C10H17NO2/c1-10(2,3)13-9(12)6-5-8-7-11(8)4/h5-6,8H,7H2,1-4H3/b6-5-/t8-,11?/m0/s1. The Kier molecular flexibility index (Phi) is 2.76. The van der Waals surface area contributed by atoms with Crippen LogP contribution in [-0.2, 0) is 9.53 Å². The number of nitrogens with zero attached hydrogens (tertiary/aromatic N) is 1. The van der Waals surface area contributed by atoms with Gasteiger partial charge in [-0.05, 0) is 27.8 Å². The topological polar surface area (TPSA) is 29.3 Å². The first-order valence-electron chi connectivity index (χ1n) is 4.50. The zero-order valence-corrected chi connectivity index (χ0v) is 8.70. The molecule has 3 heteroatoms. The average Bonchev–Trinajstić information content (AvgIpc) is 2.58. The molecule has 0 N–H and O–H groups in total. The summed E-state index contributed by atoms with van der Waals surface area (Å²) in [5, 5.41) is 0. The van der Waals surface area contributed by atoms with Crippen LogP contribution in [0.25, 0.3) is 0 Å². The molecule has 0 aromatic carbocycles. The summed E-state index contributed by atoms with van der Waals surface area (Å²) in [5.41, 5.74) is -0.392. The van der Waals surface area contributed by atoms with Crippen LogP contribution in [0.4, 0.5) is 0 Å². The number of esters is 1. The van der Waals surface area contributed by atoms with E-state index in [0.29, 0.717) is 6.04 Å². The molecule has 1 aliphatic heterocycles. The van der Waals surface area contributed by atoms with E-state index in [1.165, 1.54) is 6.08 Å². The second kappa shape index (κ2) is 3.50. The molecule has 1 unspecified atom stereocenters. The largest absolute Gasteiger partial charge is 0.457 e. The summed E-state index contributed by atoms with van der Waals surface area (Å²) in [6.45, 7) is 6.63. The van der Waals surface area contributed by atoms with Gasteiger partial charge in [-0.15, -0.1) is 0 Å². The molecule has 1 fully saturated rings. The predicted octanol–water partition coefficient (Wildman–Crippen LogP) is 1.20. The van der Waals surface area contributed by atoms with Crippen LogP contribution in [0.2, 0.25) is 0 Å². The summed E-state index contributed by atoms with van der Waals surface area (Å²) in [4.78, 5) is 13.3. The van der Waals surface area contributed by atoms with Gasteiger partial charge in [-0.25, -0.2) is 4.79 Å². The molecule has 0 spiro atoms. The SMILES string of the molecule is CN1C[C@@H]1/C=C\C(=O)OC(C)(C)C. The first-order chi connectivity index (χ1) is 5.88. The van der Waals surface area contributed by atoms with Crippen LogP contribution in [0.15, 0.2) is 12.2 Å². The summed E-state index contributed by atoms with van der Waals surface area (Å²) in [5.74, 6) is -0.257. The molecule has 1 aliphatic rings. The minimum Gasteiger partial charge on any atom is -0.457 e. The molecule has 0 saturated carbocycles. The van der Waals surface area contributed by atoms with Gasteiger partial charge in [0.15, 0.2) is 0 Å². The quantitative estimate of drug-likeness (QED) is 0.366. The van der Waals surface area contributed by atoms with Crippen LogP contribution in [0.5, 0.6) is 0 Å². The second-order valence-electron chi connectivity index (χ2n) is 4.40. The molecule has 1 heterocycles. The highest BCUT2D eigenvalue weighted by Gasteiger charge is 2.26. The van der Waals surface area contributed by atoms with Gasteiger partial charge in [0.25, 0.3) is 0 Å². The molecule has 13 heavy (non-hydrogen) atoms. The van der Waals surface area contributed by atoms with Gasteiger partial charge in [0, 0.05) is 18.7 Å². The van der Waals surface area contributed by atoms with Crippen LogP contribution in [0.3, 0.4) is 0 Å². The zero-order valence-electron chi connectivity index (χ0n) is 8.70. The van der Waals surface area contributed by atoms with Gasteiger partial charge in [0.2, 0.25) is 0 Å². The molecule has 3 nitrogen and oxygen atoms in total. The predicted molar refractivity (Wildman–Crippen MR) is 51.4 cm³/mol. The first-order valence-corrected chi connectivity index (χ1v) is 4.50. The van der Waals surface area contributed by atoms with E-state index in [0.717, 1.165) is 6.54 Å². The van der Waals surface area contributed by atoms with E-state index < -0.39 is 5.60 Å². The highest BCUT2D eigenvalue weighted by Crippen LogP contribution is 2.14. The fourth-order valence-electron chi connectivity index (χ4n) is 0.981.